The summed E-state index contributed by atoms with van der Waals surface area (Å²) < 4.78 is 7.61. The number of hydrogen-bond acceptors (Lipinski definition) is 5. The van der Waals surface area contributed by atoms with Crippen molar-refractivity contribution in [1.82, 2.24) is 19.6 Å². The number of thiophene rings is 1. The van der Waals surface area contributed by atoms with Gasteiger partial charge in [0.15, 0.2) is 0 Å². The summed E-state index contributed by atoms with van der Waals surface area (Å²) in [6.45, 7) is 7.06. The van der Waals surface area contributed by atoms with Gasteiger partial charge >= 0.3 is 0 Å². The van der Waals surface area contributed by atoms with Crippen molar-refractivity contribution in [2.75, 3.05) is 32.8 Å². The highest BCUT2D eigenvalue weighted by molar-refractivity contribution is 7.20. The van der Waals surface area contributed by atoms with E-state index in [2.05, 4.69) is 17.2 Å². The standard InChI is InChI=1S/C27H28N4O3S/c1-3-34-23-12-8-7-11-21(23)25(32)29-13-15-30(16-14-29)26(33)24-17-22-19(2)28-31(27(22)35-24)18-20-9-5-4-6-10-20/h4-12,17H,3,13-16,18H2,1-2H3. The number of fused-ring (bicyclic) bond motifs is 1. The van der Waals surface area contributed by atoms with E-state index in [-0.39, 0.29) is 11.8 Å². The smallest absolute Gasteiger partial charge is 0.264 e. The summed E-state index contributed by atoms with van der Waals surface area (Å²) >= 11 is 1.49. The Labute approximate surface area is 208 Å². The van der Waals surface area contributed by atoms with Gasteiger partial charge in [0.2, 0.25) is 0 Å². The fourth-order valence-electron chi connectivity index (χ4n) is 4.45. The highest BCUT2D eigenvalue weighted by atomic mass is 32.1. The Bertz CT molecular complexity index is 1350. The van der Waals surface area contributed by atoms with E-state index in [9.17, 15) is 9.59 Å². The number of ether oxygens (including phenoxy) is 1. The second kappa shape index (κ2) is 9.92. The summed E-state index contributed by atoms with van der Waals surface area (Å²) in [4.78, 5) is 31.8. The fraction of sp³-hybridized carbons (Fsp3) is 0.296. The zero-order chi connectivity index (χ0) is 24.4. The van der Waals surface area contributed by atoms with Gasteiger partial charge in [0, 0.05) is 31.6 Å². The quantitative estimate of drug-likeness (QED) is 0.402. The van der Waals surface area contributed by atoms with Crippen LogP contribution in [0.25, 0.3) is 10.2 Å². The van der Waals surface area contributed by atoms with Gasteiger partial charge in [-0.1, -0.05) is 42.5 Å². The molecule has 0 aliphatic carbocycles. The van der Waals surface area contributed by atoms with Crippen molar-refractivity contribution >= 4 is 33.4 Å². The SMILES string of the molecule is CCOc1ccccc1C(=O)N1CCN(C(=O)c2cc3c(C)nn(Cc4ccccc4)c3s2)CC1. The maximum atomic E-state index is 13.3. The van der Waals surface area contributed by atoms with Gasteiger partial charge in [-0.2, -0.15) is 5.10 Å². The van der Waals surface area contributed by atoms with Crippen LogP contribution in [0.3, 0.4) is 0 Å². The molecule has 3 heterocycles. The molecule has 2 amide bonds. The molecule has 1 saturated heterocycles. The normalized spacial score (nSPS) is 13.9. The number of para-hydroxylation sites is 1. The number of piperazine rings is 1. The Morgan fingerprint density at radius 2 is 1.60 bits per heavy atom. The van der Waals surface area contributed by atoms with E-state index >= 15 is 0 Å². The Hall–Kier alpha value is -3.65. The molecule has 1 aliphatic heterocycles. The van der Waals surface area contributed by atoms with Crippen LogP contribution in [0, 0.1) is 6.92 Å². The molecule has 0 atom stereocenters. The molecule has 1 aliphatic rings. The lowest BCUT2D eigenvalue weighted by Crippen LogP contribution is -2.50. The maximum absolute atomic E-state index is 13.3. The number of aryl methyl sites for hydroxylation is 1. The van der Waals surface area contributed by atoms with Crippen LogP contribution in [-0.4, -0.2) is 64.2 Å². The third-order valence-electron chi connectivity index (χ3n) is 6.26. The first-order valence-electron chi connectivity index (χ1n) is 11.9. The summed E-state index contributed by atoms with van der Waals surface area (Å²) in [6, 6.07) is 19.5. The molecule has 8 heteroatoms. The molecule has 180 valence electrons. The monoisotopic (exact) mass is 488 g/mol. The van der Waals surface area contributed by atoms with Crippen molar-refractivity contribution < 1.29 is 14.3 Å². The number of rotatable bonds is 6. The zero-order valence-electron chi connectivity index (χ0n) is 19.9. The molecule has 2 aromatic carbocycles. The van der Waals surface area contributed by atoms with E-state index in [0.29, 0.717) is 55.5 Å². The Kier molecular flexibility index (Phi) is 6.55. The molecule has 1 fully saturated rings. The Morgan fingerprint density at radius 3 is 2.31 bits per heavy atom. The summed E-state index contributed by atoms with van der Waals surface area (Å²) in [7, 11) is 0. The molecule has 35 heavy (non-hydrogen) atoms. The molecule has 4 aromatic rings. The molecule has 0 N–H and O–H groups in total. The second-order valence-corrected chi connectivity index (χ2v) is 9.60. The van der Waals surface area contributed by atoms with Gasteiger partial charge < -0.3 is 14.5 Å². The number of nitrogens with zero attached hydrogens (tertiary/aromatic N) is 4. The average molecular weight is 489 g/mol. The van der Waals surface area contributed by atoms with E-state index in [1.807, 2.05) is 65.9 Å². The van der Waals surface area contributed by atoms with E-state index in [1.54, 1.807) is 11.0 Å². The lowest BCUT2D eigenvalue weighted by atomic mass is 10.1. The predicted molar refractivity (Wildman–Crippen MR) is 137 cm³/mol. The van der Waals surface area contributed by atoms with Crippen molar-refractivity contribution in [2.45, 2.75) is 20.4 Å². The highest BCUT2D eigenvalue weighted by Crippen LogP contribution is 2.30. The van der Waals surface area contributed by atoms with E-state index in [1.165, 1.54) is 16.9 Å². The summed E-state index contributed by atoms with van der Waals surface area (Å²) in [5.41, 5.74) is 2.66. The molecule has 2 aromatic heterocycles. The van der Waals surface area contributed by atoms with Crippen LogP contribution >= 0.6 is 11.3 Å². The summed E-state index contributed by atoms with van der Waals surface area (Å²) in [5, 5.41) is 5.71. The zero-order valence-corrected chi connectivity index (χ0v) is 20.8. The summed E-state index contributed by atoms with van der Waals surface area (Å²) in [5.74, 6) is 0.557. The van der Waals surface area contributed by atoms with Gasteiger partial charge in [-0.25, -0.2) is 0 Å². The number of amides is 2. The average Bonchev–Trinajstić information content (AvgIpc) is 3.45. The minimum atomic E-state index is -0.0559. The van der Waals surface area contributed by atoms with Crippen molar-refractivity contribution in [3.8, 4) is 5.75 Å². The predicted octanol–water partition coefficient (Wildman–Crippen LogP) is 4.45. The first-order chi connectivity index (χ1) is 17.0. The topological polar surface area (TPSA) is 67.7 Å². The van der Waals surface area contributed by atoms with Crippen LogP contribution < -0.4 is 4.74 Å². The molecule has 0 spiro atoms. The van der Waals surface area contributed by atoms with E-state index < -0.39 is 0 Å². The van der Waals surface area contributed by atoms with Gasteiger partial charge in [0.05, 0.1) is 29.3 Å². The van der Waals surface area contributed by atoms with E-state index in [0.717, 1.165) is 15.9 Å². The number of carbonyl (C=O) groups excluding carboxylic acids is 2. The molecule has 5 rings (SSSR count). The van der Waals surface area contributed by atoms with Crippen LogP contribution in [0.5, 0.6) is 5.75 Å². The van der Waals surface area contributed by atoms with Crippen LogP contribution in [0.4, 0.5) is 0 Å². The van der Waals surface area contributed by atoms with Crippen LogP contribution in [0.15, 0.2) is 60.7 Å². The second-order valence-electron chi connectivity index (χ2n) is 8.57. The number of carbonyl (C=O) groups is 2. The van der Waals surface area contributed by atoms with Crippen LogP contribution in [0.1, 0.15) is 38.2 Å². The molecular formula is C27H28N4O3S. The van der Waals surface area contributed by atoms with Crippen molar-refractivity contribution in [3.63, 3.8) is 0 Å². The molecular weight excluding hydrogens is 460 g/mol. The first kappa shape index (κ1) is 23.1. The largest absolute Gasteiger partial charge is 0.493 e. The fourth-order valence-corrected chi connectivity index (χ4v) is 5.57. The van der Waals surface area contributed by atoms with Crippen molar-refractivity contribution in [2.24, 2.45) is 0 Å². The number of hydrogen-bond donors (Lipinski definition) is 0. The lowest BCUT2D eigenvalue weighted by Gasteiger charge is -2.34. The third kappa shape index (κ3) is 4.66. The minimum absolute atomic E-state index is 0.0127. The molecule has 7 nitrogen and oxygen atoms in total. The van der Waals surface area contributed by atoms with Crippen molar-refractivity contribution in [3.05, 3.63) is 82.4 Å². The van der Waals surface area contributed by atoms with Crippen LogP contribution in [-0.2, 0) is 6.54 Å². The van der Waals surface area contributed by atoms with E-state index in [4.69, 9.17) is 4.74 Å². The highest BCUT2D eigenvalue weighted by Gasteiger charge is 2.28. The molecule has 0 radical (unpaired) electrons. The molecule has 0 unspecified atom stereocenters. The van der Waals surface area contributed by atoms with Gasteiger partial charge in [-0.05, 0) is 37.6 Å². The minimum Gasteiger partial charge on any atom is -0.493 e. The van der Waals surface area contributed by atoms with Gasteiger partial charge in [-0.15, -0.1) is 11.3 Å². The first-order valence-corrected chi connectivity index (χ1v) is 12.7. The Balaban J connectivity index is 1.28. The lowest BCUT2D eigenvalue weighted by molar-refractivity contribution is 0.0536. The van der Waals surface area contributed by atoms with Gasteiger partial charge in [0.25, 0.3) is 11.8 Å². The van der Waals surface area contributed by atoms with Crippen LogP contribution in [0.2, 0.25) is 0 Å². The Morgan fingerprint density at radius 1 is 0.943 bits per heavy atom. The van der Waals surface area contributed by atoms with Gasteiger partial charge in [0.1, 0.15) is 10.6 Å². The number of benzene rings is 2. The molecule has 0 saturated carbocycles. The number of aromatic nitrogens is 2. The van der Waals surface area contributed by atoms with Crippen molar-refractivity contribution in [1.29, 1.82) is 0 Å². The third-order valence-corrected chi connectivity index (χ3v) is 7.40. The summed E-state index contributed by atoms with van der Waals surface area (Å²) in [6.07, 6.45) is 0. The van der Waals surface area contributed by atoms with Gasteiger partial charge in [-0.3, -0.25) is 14.3 Å². The molecule has 0 bridgehead atoms. The maximum Gasteiger partial charge on any atom is 0.264 e.